The zero-order valence-electron chi connectivity index (χ0n) is 16.4. The van der Waals surface area contributed by atoms with E-state index in [0.29, 0.717) is 33.2 Å². The summed E-state index contributed by atoms with van der Waals surface area (Å²) >= 11 is 0. The minimum atomic E-state index is -1.50. The third-order valence-corrected chi connectivity index (χ3v) is 5.10. The number of pyridine rings is 1. The molecule has 3 rings (SSSR count). The van der Waals surface area contributed by atoms with E-state index < -0.39 is 16.8 Å². The fourth-order valence-electron chi connectivity index (χ4n) is 2.58. The Labute approximate surface area is 208 Å². The molecule has 0 amide bonds. The van der Waals surface area contributed by atoms with Crippen LogP contribution in [0.15, 0.2) is 29.6 Å². The van der Waals surface area contributed by atoms with Crippen LogP contribution in [0.3, 0.4) is 0 Å². The summed E-state index contributed by atoms with van der Waals surface area (Å²) in [7, 11) is 1.43. The average molecular weight is 420 g/mol. The SMILES string of the molecule is COc1ccc2nc(S(=O)Cc3ncc(C(=O)[O-])c(OC)c3C)[nH]c2c1.[Na+].[Na+]. The minimum absolute atomic E-state index is 0. The number of fused-ring (bicyclic) bond motifs is 1. The van der Waals surface area contributed by atoms with E-state index in [2.05, 4.69) is 15.0 Å². The molecule has 0 radical (unpaired) electrons. The molecule has 1 N–H and O–H groups in total. The summed E-state index contributed by atoms with van der Waals surface area (Å²) in [6.07, 6.45) is 1.15. The molecule has 0 fully saturated rings. The molecule has 0 spiro atoms. The van der Waals surface area contributed by atoms with Gasteiger partial charge in [0, 0.05) is 17.8 Å². The Kier molecular flexibility index (Phi) is 9.61. The standard InChI is InChI=1S/C17H17N3O5S.2Na/c1-9-14(18-7-11(16(21)22)15(9)25-3)8-26(23)17-19-12-5-4-10(24-2)6-13(12)20-17;;/h4-7H,8H2,1-3H3,(H,19,20)(H,21,22);;/q;2*+1/p-1. The van der Waals surface area contributed by atoms with Gasteiger partial charge in [-0.25, -0.2) is 4.98 Å². The van der Waals surface area contributed by atoms with E-state index in [1.165, 1.54) is 7.11 Å². The molecule has 1 aromatic carbocycles. The molecule has 1 unspecified atom stereocenters. The number of carbonyl (C=O) groups excluding carboxylic acids is 1. The fraction of sp³-hybridized carbons (Fsp3) is 0.235. The predicted octanol–water partition coefficient (Wildman–Crippen LogP) is -5.04. The second-order valence-electron chi connectivity index (χ2n) is 5.48. The first-order valence-corrected chi connectivity index (χ1v) is 8.92. The van der Waals surface area contributed by atoms with Crippen molar-refractivity contribution >= 4 is 27.8 Å². The van der Waals surface area contributed by atoms with Crippen LogP contribution in [0, 0.1) is 6.92 Å². The van der Waals surface area contributed by atoms with Crippen molar-refractivity contribution < 1.29 is 82.7 Å². The van der Waals surface area contributed by atoms with E-state index in [0.717, 1.165) is 6.20 Å². The smallest absolute Gasteiger partial charge is 0.545 e. The van der Waals surface area contributed by atoms with Gasteiger partial charge >= 0.3 is 59.1 Å². The molecule has 0 aliphatic heterocycles. The molecule has 8 nitrogen and oxygen atoms in total. The number of nitrogens with zero attached hydrogens (tertiary/aromatic N) is 2. The first-order valence-electron chi connectivity index (χ1n) is 7.60. The van der Waals surface area contributed by atoms with E-state index in [4.69, 9.17) is 9.47 Å². The van der Waals surface area contributed by atoms with Crippen LogP contribution in [0.4, 0.5) is 0 Å². The van der Waals surface area contributed by atoms with Crippen LogP contribution >= 0.6 is 0 Å². The number of imidazole rings is 1. The maximum Gasteiger partial charge on any atom is 1.00 e. The number of hydrogen-bond acceptors (Lipinski definition) is 7. The molecular formula is C17H16N3Na2O5S+. The predicted molar refractivity (Wildman–Crippen MR) is 92.6 cm³/mol. The Morgan fingerprint density at radius 3 is 2.57 bits per heavy atom. The van der Waals surface area contributed by atoms with Gasteiger partial charge in [0.15, 0.2) is 5.16 Å². The molecule has 2 aromatic heterocycles. The van der Waals surface area contributed by atoms with E-state index in [9.17, 15) is 14.1 Å². The van der Waals surface area contributed by atoms with Crippen LogP contribution in [0.5, 0.6) is 11.5 Å². The number of carboxylic acids is 1. The Balaban J connectivity index is 0.00000196. The van der Waals surface area contributed by atoms with Crippen LogP contribution in [0.25, 0.3) is 11.0 Å². The fourth-order valence-corrected chi connectivity index (χ4v) is 3.68. The Hall–Kier alpha value is -0.940. The van der Waals surface area contributed by atoms with Crippen molar-refractivity contribution in [2.24, 2.45) is 0 Å². The molecule has 2 heterocycles. The molecule has 136 valence electrons. The molecule has 0 saturated heterocycles. The topological polar surface area (TPSA) is 117 Å². The summed E-state index contributed by atoms with van der Waals surface area (Å²) in [5, 5.41) is 11.4. The average Bonchev–Trinajstić information content (AvgIpc) is 3.06. The Morgan fingerprint density at radius 2 is 1.96 bits per heavy atom. The zero-order valence-corrected chi connectivity index (χ0v) is 21.2. The van der Waals surface area contributed by atoms with Gasteiger partial charge < -0.3 is 24.4 Å². The number of carbonyl (C=O) groups is 1. The molecular weight excluding hydrogens is 404 g/mol. The van der Waals surface area contributed by atoms with Crippen molar-refractivity contribution in [3.05, 3.63) is 41.2 Å². The van der Waals surface area contributed by atoms with E-state index in [1.54, 1.807) is 32.2 Å². The van der Waals surface area contributed by atoms with Gasteiger partial charge in [-0.05, 0) is 19.1 Å². The molecule has 0 saturated carbocycles. The van der Waals surface area contributed by atoms with Crippen LogP contribution in [-0.4, -0.2) is 39.3 Å². The number of nitrogens with one attached hydrogen (secondary N) is 1. The van der Waals surface area contributed by atoms with Crippen molar-refractivity contribution in [1.82, 2.24) is 15.0 Å². The number of ether oxygens (including phenoxy) is 2. The van der Waals surface area contributed by atoms with E-state index >= 15 is 0 Å². The second kappa shape index (κ2) is 10.7. The maximum atomic E-state index is 12.7. The molecule has 11 heteroatoms. The summed E-state index contributed by atoms with van der Waals surface area (Å²) in [5.41, 5.74) is 2.20. The zero-order chi connectivity index (χ0) is 18.8. The Bertz CT molecular complexity index is 1030. The molecule has 0 bridgehead atoms. The Morgan fingerprint density at radius 1 is 1.25 bits per heavy atom. The van der Waals surface area contributed by atoms with Gasteiger partial charge in [0.2, 0.25) is 0 Å². The van der Waals surface area contributed by atoms with Gasteiger partial charge in [-0.3, -0.25) is 9.19 Å². The number of carboxylic acid groups (broad SMARTS) is 1. The normalized spacial score (nSPS) is 11.2. The summed E-state index contributed by atoms with van der Waals surface area (Å²) in [6, 6.07) is 5.31. The number of aromatic nitrogens is 3. The summed E-state index contributed by atoms with van der Waals surface area (Å²) < 4.78 is 23.0. The monoisotopic (exact) mass is 420 g/mol. The molecule has 1 atom stereocenters. The van der Waals surface area contributed by atoms with Crippen LogP contribution < -0.4 is 73.7 Å². The summed E-state index contributed by atoms with van der Waals surface area (Å²) in [6.45, 7) is 1.66. The number of aromatic amines is 1. The first kappa shape index (κ1) is 25.1. The van der Waals surface area contributed by atoms with Crippen LogP contribution in [-0.2, 0) is 16.6 Å². The summed E-state index contributed by atoms with van der Waals surface area (Å²) in [4.78, 5) is 22.6. The molecule has 0 aliphatic rings. The minimum Gasteiger partial charge on any atom is -0.545 e. The van der Waals surface area contributed by atoms with Gasteiger partial charge in [0.1, 0.15) is 11.5 Å². The third kappa shape index (κ3) is 5.15. The van der Waals surface area contributed by atoms with Crippen molar-refractivity contribution in [3.8, 4) is 11.5 Å². The quantitative estimate of drug-likeness (QED) is 0.397. The second-order valence-corrected chi connectivity index (χ2v) is 6.85. The number of hydrogen-bond donors (Lipinski definition) is 1. The van der Waals surface area contributed by atoms with Crippen LogP contribution in [0.2, 0.25) is 0 Å². The number of H-pyrrole nitrogens is 1. The largest absolute Gasteiger partial charge is 1.00 e. The molecule has 3 aromatic rings. The molecule has 28 heavy (non-hydrogen) atoms. The van der Waals surface area contributed by atoms with Crippen LogP contribution in [0.1, 0.15) is 21.6 Å². The van der Waals surface area contributed by atoms with Gasteiger partial charge in [0.25, 0.3) is 0 Å². The number of benzene rings is 1. The van der Waals surface area contributed by atoms with Crippen molar-refractivity contribution in [1.29, 1.82) is 0 Å². The van der Waals surface area contributed by atoms with Gasteiger partial charge in [-0.15, -0.1) is 0 Å². The van der Waals surface area contributed by atoms with Gasteiger partial charge in [0.05, 0.1) is 59.0 Å². The third-order valence-electron chi connectivity index (χ3n) is 3.94. The van der Waals surface area contributed by atoms with E-state index in [1.807, 2.05) is 0 Å². The first-order chi connectivity index (χ1) is 12.4. The van der Waals surface area contributed by atoms with Gasteiger partial charge in [-0.2, -0.15) is 0 Å². The van der Waals surface area contributed by atoms with Crippen molar-refractivity contribution in [3.63, 3.8) is 0 Å². The summed E-state index contributed by atoms with van der Waals surface area (Å²) in [5.74, 6) is -0.497. The number of aromatic carboxylic acids is 1. The molecule has 0 aliphatic carbocycles. The van der Waals surface area contributed by atoms with Crippen molar-refractivity contribution in [2.45, 2.75) is 17.8 Å². The number of rotatable bonds is 6. The van der Waals surface area contributed by atoms with E-state index in [-0.39, 0.29) is 76.2 Å². The van der Waals surface area contributed by atoms with Gasteiger partial charge in [-0.1, -0.05) is 0 Å². The maximum absolute atomic E-state index is 12.7. The van der Waals surface area contributed by atoms with Crippen molar-refractivity contribution in [2.75, 3.05) is 14.2 Å². The number of methoxy groups -OCH3 is 2.